The first-order valence-corrected chi connectivity index (χ1v) is 4.31. The summed E-state index contributed by atoms with van der Waals surface area (Å²) in [6, 6.07) is 4.44. The van der Waals surface area contributed by atoms with Gasteiger partial charge in [0.1, 0.15) is 12.4 Å². The van der Waals surface area contributed by atoms with E-state index in [-0.39, 0.29) is 11.4 Å². The number of nitrogens with zero attached hydrogens (tertiary/aromatic N) is 1. The monoisotopic (exact) mass is 212 g/mol. The van der Waals surface area contributed by atoms with Crippen molar-refractivity contribution in [2.75, 3.05) is 26.1 Å². The third kappa shape index (κ3) is 2.81. The van der Waals surface area contributed by atoms with Crippen LogP contribution >= 0.6 is 0 Å². The molecule has 0 aliphatic carbocycles. The number of rotatable bonds is 5. The Balaban J connectivity index is 2.80. The highest BCUT2D eigenvalue weighted by molar-refractivity contribution is 5.66. The molecule has 0 heterocycles. The van der Waals surface area contributed by atoms with Gasteiger partial charge in [0.25, 0.3) is 5.69 Å². The predicted octanol–water partition coefficient (Wildman–Crippen LogP) is 1.20. The average molecular weight is 212 g/mol. The van der Waals surface area contributed by atoms with Crippen LogP contribution in [0.2, 0.25) is 0 Å². The van der Waals surface area contributed by atoms with Crippen LogP contribution in [0.25, 0.3) is 0 Å². The number of methoxy groups -OCH3 is 1. The van der Waals surface area contributed by atoms with Gasteiger partial charge in [-0.3, -0.25) is 10.1 Å². The Labute approximate surface area is 86.7 Å². The Morgan fingerprint density at radius 1 is 1.47 bits per heavy atom. The Hall–Kier alpha value is -1.82. The lowest BCUT2D eigenvalue weighted by Gasteiger charge is -2.07. The quantitative estimate of drug-likeness (QED) is 0.343. The van der Waals surface area contributed by atoms with Gasteiger partial charge in [-0.2, -0.15) is 0 Å². The van der Waals surface area contributed by atoms with E-state index in [1.165, 1.54) is 12.1 Å². The van der Waals surface area contributed by atoms with Crippen LogP contribution in [-0.2, 0) is 4.74 Å². The van der Waals surface area contributed by atoms with Crippen molar-refractivity contribution in [3.63, 3.8) is 0 Å². The van der Waals surface area contributed by atoms with Gasteiger partial charge >= 0.3 is 0 Å². The zero-order valence-electron chi connectivity index (χ0n) is 8.30. The van der Waals surface area contributed by atoms with Crippen molar-refractivity contribution < 1.29 is 14.4 Å². The van der Waals surface area contributed by atoms with Crippen molar-refractivity contribution in [1.29, 1.82) is 0 Å². The van der Waals surface area contributed by atoms with Crippen LogP contribution < -0.4 is 10.5 Å². The van der Waals surface area contributed by atoms with Gasteiger partial charge in [0.05, 0.1) is 11.5 Å². The second-order valence-electron chi connectivity index (χ2n) is 2.79. The molecule has 0 bridgehead atoms. The maximum absolute atomic E-state index is 10.5. The van der Waals surface area contributed by atoms with Gasteiger partial charge in [0.2, 0.25) is 0 Å². The lowest BCUT2D eigenvalue weighted by atomic mass is 10.2. The van der Waals surface area contributed by atoms with Gasteiger partial charge in [-0.05, 0) is 6.07 Å². The fourth-order valence-corrected chi connectivity index (χ4v) is 1.05. The van der Waals surface area contributed by atoms with E-state index in [0.29, 0.717) is 19.0 Å². The second-order valence-corrected chi connectivity index (χ2v) is 2.79. The number of para-hydroxylation sites is 1. The van der Waals surface area contributed by atoms with Crippen molar-refractivity contribution >= 4 is 11.4 Å². The predicted molar refractivity (Wildman–Crippen MR) is 54.9 cm³/mol. The standard InChI is InChI=1S/C9H12N2O4/c1-14-5-6-15-8-4-2-3-7(9(8)10)11(12)13/h2-4H,5-6,10H2,1H3. The van der Waals surface area contributed by atoms with E-state index in [4.69, 9.17) is 15.2 Å². The molecule has 1 aromatic rings. The zero-order valence-corrected chi connectivity index (χ0v) is 8.30. The van der Waals surface area contributed by atoms with Crippen molar-refractivity contribution in [1.82, 2.24) is 0 Å². The summed E-state index contributed by atoms with van der Waals surface area (Å²) in [6.07, 6.45) is 0. The number of ether oxygens (including phenoxy) is 2. The van der Waals surface area contributed by atoms with Crippen LogP contribution in [-0.4, -0.2) is 25.2 Å². The molecular formula is C9H12N2O4. The number of hydrogen-bond donors (Lipinski definition) is 1. The third-order valence-electron chi connectivity index (χ3n) is 1.78. The van der Waals surface area contributed by atoms with Crippen LogP contribution in [0.3, 0.4) is 0 Å². The van der Waals surface area contributed by atoms with Crippen LogP contribution in [0.5, 0.6) is 5.75 Å². The summed E-state index contributed by atoms with van der Waals surface area (Å²) in [4.78, 5) is 10.0. The smallest absolute Gasteiger partial charge is 0.295 e. The summed E-state index contributed by atoms with van der Waals surface area (Å²) in [5, 5.41) is 10.5. The number of nitro groups is 1. The Morgan fingerprint density at radius 2 is 2.20 bits per heavy atom. The number of anilines is 1. The number of nitrogens with two attached hydrogens (primary N) is 1. The molecule has 0 spiro atoms. The molecule has 6 heteroatoms. The molecular weight excluding hydrogens is 200 g/mol. The lowest BCUT2D eigenvalue weighted by molar-refractivity contribution is -0.384. The van der Waals surface area contributed by atoms with Crippen LogP contribution in [0.1, 0.15) is 0 Å². The van der Waals surface area contributed by atoms with Gasteiger partial charge in [0.15, 0.2) is 5.69 Å². The summed E-state index contributed by atoms with van der Waals surface area (Å²) < 4.78 is 9.99. The first-order valence-electron chi connectivity index (χ1n) is 4.31. The molecule has 6 nitrogen and oxygen atoms in total. The molecule has 0 unspecified atom stereocenters. The van der Waals surface area contributed by atoms with E-state index in [1.54, 1.807) is 13.2 Å². The van der Waals surface area contributed by atoms with Crippen molar-refractivity contribution in [2.45, 2.75) is 0 Å². The third-order valence-corrected chi connectivity index (χ3v) is 1.78. The normalized spacial score (nSPS) is 9.93. The fourth-order valence-electron chi connectivity index (χ4n) is 1.05. The van der Waals surface area contributed by atoms with E-state index in [9.17, 15) is 10.1 Å². The van der Waals surface area contributed by atoms with Crippen LogP contribution in [0.4, 0.5) is 11.4 Å². The summed E-state index contributed by atoms with van der Waals surface area (Å²) in [5.74, 6) is 0.307. The number of nitro benzene ring substituents is 1. The van der Waals surface area contributed by atoms with Gasteiger partial charge in [0, 0.05) is 13.2 Å². The highest BCUT2D eigenvalue weighted by atomic mass is 16.6. The minimum Gasteiger partial charge on any atom is -0.489 e. The summed E-state index contributed by atoms with van der Waals surface area (Å²) in [5.41, 5.74) is 5.45. The van der Waals surface area contributed by atoms with E-state index >= 15 is 0 Å². The summed E-state index contributed by atoms with van der Waals surface area (Å²) in [7, 11) is 1.54. The summed E-state index contributed by atoms with van der Waals surface area (Å²) >= 11 is 0. The van der Waals surface area contributed by atoms with E-state index in [0.717, 1.165) is 0 Å². The van der Waals surface area contributed by atoms with Crippen molar-refractivity contribution in [2.24, 2.45) is 0 Å². The summed E-state index contributed by atoms with van der Waals surface area (Å²) in [6.45, 7) is 0.712. The first kappa shape index (κ1) is 11.3. The highest BCUT2D eigenvalue weighted by Crippen LogP contribution is 2.30. The molecule has 0 aliphatic heterocycles. The number of hydrogen-bond acceptors (Lipinski definition) is 5. The maximum atomic E-state index is 10.5. The molecule has 0 saturated carbocycles. The van der Waals surface area contributed by atoms with Crippen LogP contribution in [0.15, 0.2) is 18.2 Å². The number of benzene rings is 1. The van der Waals surface area contributed by atoms with Gasteiger partial charge in [-0.1, -0.05) is 6.07 Å². The number of nitrogen functional groups attached to an aromatic ring is 1. The fraction of sp³-hybridized carbons (Fsp3) is 0.333. The maximum Gasteiger partial charge on any atom is 0.295 e. The van der Waals surface area contributed by atoms with E-state index in [2.05, 4.69) is 0 Å². The molecule has 0 radical (unpaired) electrons. The molecule has 0 aliphatic rings. The SMILES string of the molecule is COCCOc1cccc([N+](=O)[O-])c1N. The van der Waals surface area contributed by atoms with Gasteiger partial charge in [-0.15, -0.1) is 0 Å². The molecule has 0 aromatic heterocycles. The van der Waals surface area contributed by atoms with Gasteiger partial charge < -0.3 is 15.2 Å². The Bertz CT molecular complexity index is 354. The van der Waals surface area contributed by atoms with Crippen molar-refractivity contribution in [3.05, 3.63) is 28.3 Å². The average Bonchev–Trinajstić information content (AvgIpc) is 2.20. The minimum absolute atomic E-state index is 0.0404. The van der Waals surface area contributed by atoms with Gasteiger partial charge in [-0.25, -0.2) is 0 Å². The zero-order chi connectivity index (χ0) is 11.3. The highest BCUT2D eigenvalue weighted by Gasteiger charge is 2.14. The molecule has 15 heavy (non-hydrogen) atoms. The van der Waals surface area contributed by atoms with E-state index in [1.807, 2.05) is 0 Å². The Kier molecular flexibility index (Phi) is 3.87. The largest absolute Gasteiger partial charge is 0.489 e. The Morgan fingerprint density at radius 3 is 2.80 bits per heavy atom. The van der Waals surface area contributed by atoms with Crippen LogP contribution in [0, 0.1) is 10.1 Å². The first-order chi connectivity index (χ1) is 7.16. The lowest BCUT2D eigenvalue weighted by Crippen LogP contribution is -2.06. The van der Waals surface area contributed by atoms with E-state index < -0.39 is 4.92 Å². The molecule has 0 atom stereocenters. The molecule has 1 aromatic carbocycles. The van der Waals surface area contributed by atoms with Crippen molar-refractivity contribution in [3.8, 4) is 5.75 Å². The molecule has 2 N–H and O–H groups in total. The molecule has 0 amide bonds. The molecule has 82 valence electrons. The molecule has 1 rings (SSSR count). The molecule has 0 fully saturated rings. The molecule has 0 saturated heterocycles. The minimum atomic E-state index is -0.543. The second kappa shape index (κ2) is 5.16. The topological polar surface area (TPSA) is 87.6 Å².